The van der Waals surface area contributed by atoms with Crippen LogP contribution in [0.5, 0.6) is 5.88 Å². The summed E-state index contributed by atoms with van der Waals surface area (Å²) in [4.78, 5) is 8.20. The molecule has 1 heterocycles. The largest absolute Gasteiger partial charge is 0.475 e. The van der Waals surface area contributed by atoms with E-state index in [0.717, 1.165) is 25.2 Å². The highest BCUT2D eigenvalue weighted by atomic mass is 16.5. The first-order valence-corrected chi connectivity index (χ1v) is 6.09. The van der Waals surface area contributed by atoms with E-state index >= 15 is 0 Å². The second-order valence-corrected chi connectivity index (χ2v) is 4.98. The van der Waals surface area contributed by atoms with Crippen LogP contribution in [0.3, 0.4) is 0 Å². The Balaban J connectivity index is 1.91. The third-order valence-corrected chi connectivity index (χ3v) is 2.97. The van der Waals surface area contributed by atoms with Crippen LogP contribution in [0.4, 0.5) is 5.82 Å². The molecular weight excluding hydrogens is 216 g/mol. The average Bonchev–Trinajstić information content (AvgIpc) is 2.23. The summed E-state index contributed by atoms with van der Waals surface area (Å²) in [5.41, 5.74) is 6.08. The standard InChI is InChI=1S/C12H20N4O/c1-9(2)17-11-6-10(15-8-16-11)14-7-12(13)4-3-5-12/h6,8-9H,3-5,7,13H2,1-2H3,(H,14,15,16). The molecule has 17 heavy (non-hydrogen) atoms. The van der Waals surface area contributed by atoms with Gasteiger partial charge in [0.1, 0.15) is 12.1 Å². The molecule has 0 aliphatic heterocycles. The van der Waals surface area contributed by atoms with Crippen molar-refractivity contribution in [3.63, 3.8) is 0 Å². The second kappa shape index (κ2) is 4.87. The lowest BCUT2D eigenvalue weighted by molar-refractivity contribution is 0.232. The van der Waals surface area contributed by atoms with Crippen molar-refractivity contribution in [2.75, 3.05) is 11.9 Å². The molecule has 1 aliphatic carbocycles. The van der Waals surface area contributed by atoms with Gasteiger partial charge in [0.25, 0.3) is 0 Å². The molecule has 2 rings (SSSR count). The minimum absolute atomic E-state index is 0.0516. The molecule has 0 unspecified atom stereocenters. The second-order valence-electron chi connectivity index (χ2n) is 4.98. The zero-order chi connectivity index (χ0) is 12.3. The number of nitrogens with one attached hydrogen (secondary N) is 1. The van der Waals surface area contributed by atoms with Crippen molar-refractivity contribution >= 4 is 5.82 Å². The van der Waals surface area contributed by atoms with Gasteiger partial charge >= 0.3 is 0 Å². The van der Waals surface area contributed by atoms with Crippen molar-refractivity contribution in [2.45, 2.75) is 44.8 Å². The molecule has 0 radical (unpaired) electrons. The summed E-state index contributed by atoms with van der Waals surface area (Å²) in [7, 11) is 0. The Kier molecular flexibility index (Phi) is 3.47. The van der Waals surface area contributed by atoms with Crippen LogP contribution in [0, 0.1) is 0 Å². The predicted octanol–water partition coefficient (Wildman–Crippen LogP) is 1.56. The normalized spacial score (nSPS) is 17.6. The summed E-state index contributed by atoms with van der Waals surface area (Å²) >= 11 is 0. The van der Waals surface area contributed by atoms with Crippen molar-refractivity contribution < 1.29 is 4.74 Å². The number of nitrogens with zero attached hydrogens (tertiary/aromatic N) is 2. The van der Waals surface area contributed by atoms with Crippen molar-refractivity contribution in [3.8, 4) is 5.88 Å². The Morgan fingerprint density at radius 1 is 1.47 bits per heavy atom. The lowest BCUT2D eigenvalue weighted by atomic mass is 9.78. The molecule has 0 spiro atoms. The van der Waals surface area contributed by atoms with E-state index in [1.165, 1.54) is 12.7 Å². The highest BCUT2D eigenvalue weighted by molar-refractivity contribution is 5.37. The highest BCUT2D eigenvalue weighted by Crippen LogP contribution is 2.29. The summed E-state index contributed by atoms with van der Waals surface area (Å²) in [6, 6.07) is 1.81. The molecule has 0 atom stereocenters. The van der Waals surface area contributed by atoms with Crippen molar-refractivity contribution in [1.29, 1.82) is 0 Å². The molecule has 1 fully saturated rings. The number of ether oxygens (including phenoxy) is 1. The Morgan fingerprint density at radius 2 is 2.24 bits per heavy atom. The van der Waals surface area contributed by atoms with Crippen LogP contribution in [0.15, 0.2) is 12.4 Å². The smallest absolute Gasteiger partial charge is 0.218 e. The molecule has 0 bridgehead atoms. The predicted molar refractivity (Wildman–Crippen MR) is 67.1 cm³/mol. The number of hydrogen-bond donors (Lipinski definition) is 2. The van der Waals surface area contributed by atoms with Gasteiger partial charge in [-0.05, 0) is 33.1 Å². The number of aromatic nitrogens is 2. The lowest BCUT2D eigenvalue weighted by Gasteiger charge is -2.38. The van der Waals surface area contributed by atoms with E-state index in [2.05, 4.69) is 15.3 Å². The van der Waals surface area contributed by atoms with Gasteiger partial charge in [0, 0.05) is 18.2 Å². The Morgan fingerprint density at radius 3 is 2.82 bits per heavy atom. The zero-order valence-electron chi connectivity index (χ0n) is 10.4. The Hall–Kier alpha value is -1.36. The van der Waals surface area contributed by atoms with Crippen LogP contribution >= 0.6 is 0 Å². The summed E-state index contributed by atoms with van der Waals surface area (Å²) < 4.78 is 5.50. The van der Waals surface area contributed by atoms with Crippen molar-refractivity contribution in [1.82, 2.24) is 9.97 Å². The van der Waals surface area contributed by atoms with E-state index in [1.54, 1.807) is 0 Å². The van der Waals surface area contributed by atoms with Gasteiger partial charge < -0.3 is 15.8 Å². The minimum atomic E-state index is -0.0516. The first-order chi connectivity index (χ1) is 8.07. The van der Waals surface area contributed by atoms with Crippen LogP contribution in [0.25, 0.3) is 0 Å². The summed E-state index contributed by atoms with van der Waals surface area (Å²) in [5, 5.41) is 3.24. The van der Waals surface area contributed by atoms with Crippen LogP contribution < -0.4 is 15.8 Å². The number of hydrogen-bond acceptors (Lipinski definition) is 5. The Labute approximate surface area is 102 Å². The van der Waals surface area contributed by atoms with E-state index in [-0.39, 0.29) is 11.6 Å². The molecule has 1 aromatic rings. The van der Waals surface area contributed by atoms with Crippen molar-refractivity contribution in [2.24, 2.45) is 5.73 Å². The SMILES string of the molecule is CC(C)Oc1cc(NCC2(N)CCC2)ncn1. The molecule has 0 aromatic carbocycles. The molecule has 3 N–H and O–H groups in total. The average molecular weight is 236 g/mol. The van der Waals surface area contributed by atoms with E-state index in [4.69, 9.17) is 10.5 Å². The quantitative estimate of drug-likeness (QED) is 0.811. The van der Waals surface area contributed by atoms with Gasteiger partial charge in [-0.3, -0.25) is 0 Å². The van der Waals surface area contributed by atoms with Gasteiger partial charge in [-0.1, -0.05) is 0 Å². The monoisotopic (exact) mass is 236 g/mol. The van der Waals surface area contributed by atoms with Gasteiger partial charge in [-0.25, -0.2) is 9.97 Å². The van der Waals surface area contributed by atoms with Crippen molar-refractivity contribution in [3.05, 3.63) is 12.4 Å². The molecule has 94 valence electrons. The topological polar surface area (TPSA) is 73.1 Å². The van der Waals surface area contributed by atoms with Crippen LogP contribution in [-0.4, -0.2) is 28.2 Å². The maximum Gasteiger partial charge on any atom is 0.218 e. The molecule has 5 heteroatoms. The molecule has 1 aliphatic rings. The van der Waals surface area contributed by atoms with Crippen LogP contribution in [0.1, 0.15) is 33.1 Å². The summed E-state index contributed by atoms with van der Waals surface area (Å²) in [6.07, 6.45) is 5.01. The first-order valence-electron chi connectivity index (χ1n) is 6.09. The van der Waals surface area contributed by atoms with Crippen LogP contribution in [-0.2, 0) is 0 Å². The third-order valence-electron chi connectivity index (χ3n) is 2.97. The first kappa shape index (κ1) is 12.1. The molecule has 0 amide bonds. The summed E-state index contributed by atoms with van der Waals surface area (Å²) in [6.45, 7) is 4.70. The fourth-order valence-corrected chi connectivity index (χ4v) is 1.82. The maximum absolute atomic E-state index is 6.13. The Bertz CT molecular complexity index is 377. The van der Waals surface area contributed by atoms with Gasteiger partial charge in [0.15, 0.2) is 0 Å². The summed E-state index contributed by atoms with van der Waals surface area (Å²) in [5.74, 6) is 1.37. The minimum Gasteiger partial charge on any atom is -0.475 e. The van der Waals surface area contributed by atoms with Gasteiger partial charge in [-0.15, -0.1) is 0 Å². The molecule has 5 nitrogen and oxygen atoms in total. The molecule has 1 aromatic heterocycles. The molecule has 0 saturated heterocycles. The zero-order valence-corrected chi connectivity index (χ0v) is 10.4. The maximum atomic E-state index is 6.13. The van der Waals surface area contributed by atoms with Gasteiger partial charge in [-0.2, -0.15) is 0 Å². The van der Waals surface area contributed by atoms with E-state index in [1.807, 2.05) is 19.9 Å². The fourth-order valence-electron chi connectivity index (χ4n) is 1.82. The third kappa shape index (κ3) is 3.30. The lowest BCUT2D eigenvalue weighted by Crippen LogP contribution is -2.52. The van der Waals surface area contributed by atoms with E-state index < -0.39 is 0 Å². The number of nitrogens with two attached hydrogens (primary N) is 1. The van der Waals surface area contributed by atoms with Gasteiger partial charge in [0.2, 0.25) is 5.88 Å². The number of rotatable bonds is 5. The van der Waals surface area contributed by atoms with Crippen LogP contribution in [0.2, 0.25) is 0 Å². The highest BCUT2D eigenvalue weighted by Gasteiger charge is 2.32. The van der Waals surface area contributed by atoms with Gasteiger partial charge in [0.05, 0.1) is 6.10 Å². The molecular formula is C12H20N4O. The van der Waals surface area contributed by atoms with E-state index in [0.29, 0.717) is 5.88 Å². The number of anilines is 1. The van der Waals surface area contributed by atoms with E-state index in [9.17, 15) is 0 Å². The molecule has 1 saturated carbocycles. The fraction of sp³-hybridized carbons (Fsp3) is 0.667.